The van der Waals surface area contributed by atoms with Gasteiger partial charge in [-0.3, -0.25) is 19.3 Å². The summed E-state index contributed by atoms with van der Waals surface area (Å²) in [5.74, 6) is -0.599. The van der Waals surface area contributed by atoms with E-state index in [1.54, 1.807) is 11.1 Å². The average Bonchev–Trinajstić information content (AvgIpc) is 2.91. The first-order chi connectivity index (χ1) is 12.4. The predicted octanol–water partition coefficient (Wildman–Crippen LogP) is 1.68. The van der Waals surface area contributed by atoms with Gasteiger partial charge in [-0.05, 0) is 32.4 Å². The topological polar surface area (TPSA) is 80.1 Å². The summed E-state index contributed by atoms with van der Waals surface area (Å²) >= 11 is 0. The maximum Gasteiger partial charge on any atom is 0.231 e. The Morgan fingerprint density at radius 2 is 2.12 bits per heavy atom. The van der Waals surface area contributed by atoms with Crippen LogP contribution >= 0.6 is 0 Å². The summed E-state index contributed by atoms with van der Waals surface area (Å²) in [6, 6.07) is 3.76. The molecule has 0 bridgehead atoms. The number of hydrogen-bond donors (Lipinski definition) is 1. The van der Waals surface area contributed by atoms with Crippen molar-refractivity contribution in [2.24, 2.45) is 0 Å². The smallest absolute Gasteiger partial charge is 0.231 e. The number of carbonyl (C=O) groups excluding carboxylic acids is 2. The van der Waals surface area contributed by atoms with E-state index in [2.05, 4.69) is 15.4 Å². The number of nitrogens with zero attached hydrogens (tertiary/aromatic N) is 4. The molecule has 7 nitrogen and oxygen atoms in total. The van der Waals surface area contributed by atoms with Crippen LogP contribution in [-0.2, 0) is 29.2 Å². The molecular weight excluding hydrogens is 330 g/mol. The van der Waals surface area contributed by atoms with E-state index in [0.29, 0.717) is 19.6 Å². The van der Waals surface area contributed by atoms with Crippen molar-refractivity contribution >= 4 is 11.8 Å². The second-order valence-electron chi connectivity index (χ2n) is 6.68. The molecule has 1 N–H and O–H groups in total. The number of fused-ring (bicyclic) bond motifs is 1. The Balaban J connectivity index is 1.79. The van der Waals surface area contributed by atoms with Gasteiger partial charge in [-0.1, -0.05) is 6.07 Å². The second-order valence-corrected chi connectivity index (χ2v) is 6.68. The largest absolute Gasteiger partial charge is 0.351 e. The summed E-state index contributed by atoms with van der Waals surface area (Å²) in [5.41, 5.74) is 4.73. The van der Waals surface area contributed by atoms with Gasteiger partial charge in [0.1, 0.15) is 0 Å². The maximum absolute atomic E-state index is 12.9. The number of hydrogen-bond acceptors (Lipinski definition) is 4. The van der Waals surface area contributed by atoms with Crippen LogP contribution < -0.4 is 5.32 Å². The highest BCUT2D eigenvalue weighted by Crippen LogP contribution is 2.27. The molecule has 0 aromatic carbocycles. The summed E-state index contributed by atoms with van der Waals surface area (Å²) in [6.45, 7) is 9.63. The SMILES string of the molecule is CCn1nc(C)c(CNC(=O)C2CN(C(C)=O)Cc3cccnc32)c1C. The third-order valence-electron chi connectivity index (χ3n) is 5.05. The lowest BCUT2D eigenvalue weighted by molar-refractivity contribution is -0.131. The number of amides is 2. The maximum atomic E-state index is 12.9. The van der Waals surface area contributed by atoms with Gasteiger partial charge in [0, 0.05) is 50.6 Å². The monoisotopic (exact) mass is 355 g/mol. The minimum Gasteiger partial charge on any atom is -0.351 e. The van der Waals surface area contributed by atoms with Crippen LogP contribution in [0.2, 0.25) is 0 Å². The van der Waals surface area contributed by atoms with Crippen molar-refractivity contribution in [3.63, 3.8) is 0 Å². The molecule has 26 heavy (non-hydrogen) atoms. The molecule has 0 radical (unpaired) electrons. The number of rotatable bonds is 4. The van der Waals surface area contributed by atoms with Gasteiger partial charge in [0.05, 0.1) is 17.3 Å². The van der Waals surface area contributed by atoms with Crippen molar-refractivity contribution in [2.75, 3.05) is 6.54 Å². The number of aryl methyl sites for hydroxylation is 2. The molecule has 2 aromatic rings. The molecular formula is C19H25N5O2. The van der Waals surface area contributed by atoms with E-state index < -0.39 is 5.92 Å². The fourth-order valence-corrected chi connectivity index (χ4v) is 3.52. The van der Waals surface area contributed by atoms with E-state index in [4.69, 9.17) is 0 Å². The second kappa shape index (κ2) is 7.27. The van der Waals surface area contributed by atoms with Crippen molar-refractivity contribution in [1.82, 2.24) is 25.0 Å². The van der Waals surface area contributed by atoms with Gasteiger partial charge in [0.15, 0.2) is 0 Å². The number of aromatic nitrogens is 3. The van der Waals surface area contributed by atoms with Crippen LogP contribution in [0.4, 0.5) is 0 Å². The minimum atomic E-state index is -0.453. The molecule has 7 heteroatoms. The lowest BCUT2D eigenvalue weighted by Gasteiger charge is -2.32. The summed E-state index contributed by atoms with van der Waals surface area (Å²) in [4.78, 5) is 30.8. The molecule has 1 unspecified atom stereocenters. The average molecular weight is 355 g/mol. The fraction of sp³-hybridized carbons (Fsp3) is 0.474. The van der Waals surface area contributed by atoms with Crippen LogP contribution in [-0.4, -0.2) is 38.0 Å². The van der Waals surface area contributed by atoms with Gasteiger partial charge in [-0.2, -0.15) is 5.10 Å². The van der Waals surface area contributed by atoms with Crippen LogP contribution in [0.3, 0.4) is 0 Å². The number of carbonyl (C=O) groups is 2. The fourth-order valence-electron chi connectivity index (χ4n) is 3.52. The van der Waals surface area contributed by atoms with Gasteiger partial charge in [0.25, 0.3) is 0 Å². The van der Waals surface area contributed by atoms with E-state index in [0.717, 1.165) is 34.8 Å². The minimum absolute atomic E-state index is 0.0341. The third kappa shape index (κ3) is 3.34. The van der Waals surface area contributed by atoms with E-state index >= 15 is 0 Å². The Morgan fingerprint density at radius 1 is 1.35 bits per heavy atom. The molecule has 2 amide bonds. The Morgan fingerprint density at radius 3 is 2.77 bits per heavy atom. The third-order valence-corrected chi connectivity index (χ3v) is 5.05. The molecule has 3 heterocycles. The Bertz CT molecular complexity index is 842. The first-order valence-electron chi connectivity index (χ1n) is 8.92. The van der Waals surface area contributed by atoms with E-state index in [-0.39, 0.29) is 11.8 Å². The molecule has 2 aromatic heterocycles. The van der Waals surface area contributed by atoms with E-state index in [9.17, 15) is 9.59 Å². The molecule has 0 aliphatic carbocycles. The zero-order valence-corrected chi connectivity index (χ0v) is 15.7. The normalized spacial score (nSPS) is 16.3. The van der Waals surface area contributed by atoms with Crippen LogP contribution in [0.25, 0.3) is 0 Å². The zero-order valence-electron chi connectivity index (χ0n) is 15.7. The summed E-state index contributed by atoms with van der Waals surface area (Å²) in [6.07, 6.45) is 1.70. The summed E-state index contributed by atoms with van der Waals surface area (Å²) < 4.78 is 1.94. The first-order valence-corrected chi connectivity index (χ1v) is 8.92. The molecule has 138 valence electrons. The van der Waals surface area contributed by atoms with Crippen molar-refractivity contribution in [2.45, 2.75) is 53.2 Å². The van der Waals surface area contributed by atoms with Crippen molar-refractivity contribution in [1.29, 1.82) is 0 Å². The molecule has 1 aliphatic rings. The Hall–Kier alpha value is -2.70. The molecule has 0 saturated heterocycles. The van der Waals surface area contributed by atoms with Gasteiger partial charge in [-0.25, -0.2) is 0 Å². The lowest BCUT2D eigenvalue weighted by Crippen LogP contribution is -2.43. The number of pyridine rings is 1. The van der Waals surface area contributed by atoms with Crippen LogP contribution in [0.15, 0.2) is 18.3 Å². The zero-order chi connectivity index (χ0) is 18.8. The van der Waals surface area contributed by atoms with Gasteiger partial charge in [-0.15, -0.1) is 0 Å². The van der Waals surface area contributed by atoms with Crippen LogP contribution in [0, 0.1) is 13.8 Å². The number of nitrogens with one attached hydrogen (secondary N) is 1. The standard InChI is InChI=1S/C19H25N5O2/c1-5-24-13(3)16(12(2)22-24)9-21-19(26)17-11-23(14(4)25)10-15-7-6-8-20-18(15)17/h6-8,17H,5,9-11H2,1-4H3,(H,21,26). The highest BCUT2D eigenvalue weighted by molar-refractivity contribution is 5.85. The van der Waals surface area contributed by atoms with E-state index in [1.165, 1.54) is 6.92 Å². The molecule has 0 fully saturated rings. The van der Waals surface area contributed by atoms with E-state index in [1.807, 2.05) is 37.6 Å². The highest BCUT2D eigenvalue weighted by atomic mass is 16.2. The molecule has 1 aliphatic heterocycles. The van der Waals surface area contributed by atoms with Crippen molar-refractivity contribution in [3.8, 4) is 0 Å². The van der Waals surface area contributed by atoms with Crippen LogP contribution in [0.1, 0.15) is 48.0 Å². The molecule has 0 saturated carbocycles. The molecule has 0 spiro atoms. The summed E-state index contributed by atoms with van der Waals surface area (Å²) in [5, 5.41) is 7.51. The Kier molecular flexibility index (Phi) is 5.06. The van der Waals surface area contributed by atoms with Crippen molar-refractivity contribution in [3.05, 3.63) is 46.5 Å². The van der Waals surface area contributed by atoms with Gasteiger partial charge < -0.3 is 10.2 Å². The summed E-state index contributed by atoms with van der Waals surface area (Å²) in [7, 11) is 0. The van der Waals surface area contributed by atoms with Crippen molar-refractivity contribution < 1.29 is 9.59 Å². The molecule has 1 atom stereocenters. The van der Waals surface area contributed by atoms with Crippen LogP contribution in [0.5, 0.6) is 0 Å². The Labute approximate surface area is 153 Å². The predicted molar refractivity (Wildman–Crippen MR) is 97.3 cm³/mol. The van der Waals surface area contributed by atoms with Gasteiger partial charge >= 0.3 is 0 Å². The first kappa shape index (κ1) is 18.1. The quantitative estimate of drug-likeness (QED) is 0.905. The highest BCUT2D eigenvalue weighted by Gasteiger charge is 2.32. The lowest BCUT2D eigenvalue weighted by atomic mass is 9.93. The van der Waals surface area contributed by atoms with Gasteiger partial charge in [0.2, 0.25) is 11.8 Å². The molecule has 3 rings (SSSR count).